The van der Waals surface area contributed by atoms with Crippen LogP contribution in [0.5, 0.6) is 0 Å². The largest absolute Gasteiger partial charge is 0.375 e. The van der Waals surface area contributed by atoms with Crippen LogP contribution in [0.3, 0.4) is 0 Å². The molecule has 1 aliphatic heterocycles. The van der Waals surface area contributed by atoms with Gasteiger partial charge in [0, 0.05) is 18.8 Å². The molecule has 0 saturated carbocycles. The van der Waals surface area contributed by atoms with Gasteiger partial charge in [-0.15, -0.1) is 0 Å². The third-order valence-electron chi connectivity index (χ3n) is 2.65. The smallest absolute Gasteiger partial charge is 0.0212 e. The topological polar surface area (TPSA) is 3.24 Å². The van der Waals surface area contributed by atoms with Gasteiger partial charge in [-0.3, -0.25) is 0 Å². The molecule has 0 aromatic heterocycles. The Hall–Kier alpha value is -0.720. The van der Waals surface area contributed by atoms with E-state index in [9.17, 15) is 0 Å². The van der Waals surface area contributed by atoms with Crippen molar-refractivity contribution >= 4 is 0 Å². The minimum atomic E-state index is 0.353. The maximum absolute atomic E-state index is 4.19. The van der Waals surface area contributed by atoms with E-state index in [0.29, 0.717) is 5.41 Å². The first-order valence-corrected chi connectivity index (χ1v) is 5.48. The predicted octanol–water partition coefficient (Wildman–Crippen LogP) is 3.59. The van der Waals surface area contributed by atoms with Crippen molar-refractivity contribution in [3.05, 3.63) is 24.4 Å². The van der Waals surface area contributed by atoms with Gasteiger partial charge in [0.05, 0.1) is 0 Å². The summed E-state index contributed by atoms with van der Waals surface area (Å²) in [4.78, 5) is 2.42. The van der Waals surface area contributed by atoms with E-state index in [1.54, 1.807) is 0 Å². The lowest BCUT2D eigenvalue weighted by molar-refractivity contribution is 0.276. The van der Waals surface area contributed by atoms with E-state index >= 15 is 0 Å². The quantitative estimate of drug-likeness (QED) is 0.606. The van der Waals surface area contributed by atoms with Gasteiger partial charge in [0.25, 0.3) is 0 Å². The number of likely N-dealkylation sites (tertiary alicyclic amines) is 1. The van der Waals surface area contributed by atoms with Crippen molar-refractivity contribution in [1.29, 1.82) is 0 Å². The Balaban J connectivity index is 2.42. The number of rotatable bonds is 2. The van der Waals surface area contributed by atoms with Crippen LogP contribution in [-0.2, 0) is 0 Å². The van der Waals surface area contributed by atoms with Gasteiger partial charge in [-0.05, 0) is 24.7 Å². The molecular weight excluding hydrogens is 170 g/mol. The molecule has 0 N–H and O–H groups in total. The van der Waals surface area contributed by atoms with Gasteiger partial charge >= 0.3 is 0 Å². The molecule has 0 atom stereocenters. The molecule has 1 nitrogen and oxygen atoms in total. The molecule has 0 spiro atoms. The molecule has 0 radical (unpaired) electrons. The van der Waals surface area contributed by atoms with Gasteiger partial charge in [0.15, 0.2) is 0 Å². The Morgan fingerprint density at radius 3 is 2.21 bits per heavy atom. The second-order valence-electron chi connectivity index (χ2n) is 5.54. The Morgan fingerprint density at radius 1 is 1.29 bits per heavy atom. The van der Waals surface area contributed by atoms with E-state index in [1.165, 1.54) is 11.3 Å². The first-order chi connectivity index (χ1) is 6.38. The van der Waals surface area contributed by atoms with Crippen molar-refractivity contribution in [3.63, 3.8) is 0 Å². The maximum atomic E-state index is 4.19. The van der Waals surface area contributed by atoms with Gasteiger partial charge < -0.3 is 4.90 Å². The van der Waals surface area contributed by atoms with Crippen LogP contribution in [0.25, 0.3) is 0 Å². The zero-order valence-corrected chi connectivity index (χ0v) is 9.90. The standard InChI is InChI=1S/C13H23N/c1-11-6-8-14(9-7-11)12(2)10-13(3,4)5/h1-2,6-10H2,3-5H3. The lowest BCUT2D eigenvalue weighted by atomic mass is 9.90. The molecule has 0 aromatic carbocycles. The molecule has 1 aliphatic rings. The van der Waals surface area contributed by atoms with Crippen molar-refractivity contribution in [1.82, 2.24) is 4.90 Å². The third kappa shape index (κ3) is 3.57. The molecular formula is C13H23N. The average Bonchev–Trinajstić information content (AvgIpc) is 2.02. The highest BCUT2D eigenvalue weighted by Crippen LogP contribution is 2.27. The summed E-state index contributed by atoms with van der Waals surface area (Å²) < 4.78 is 0. The van der Waals surface area contributed by atoms with Crippen LogP contribution < -0.4 is 0 Å². The SMILES string of the molecule is C=C1CCN(C(=C)CC(C)(C)C)CC1. The van der Waals surface area contributed by atoms with Crippen molar-refractivity contribution in [2.24, 2.45) is 5.41 Å². The van der Waals surface area contributed by atoms with E-state index < -0.39 is 0 Å². The van der Waals surface area contributed by atoms with E-state index in [1.807, 2.05) is 0 Å². The lowest BCUT2D eigenvalue weighted by Gasteiger charge is -2.34. The molecule has 80 valence electrons. The molecule has 0 unspecified atom stereocenters. The molecule has 1 heterocycles. The van der Waals surface area contributed by atoms with Gasteiger partial charge in [-0.1, -0.05) is 39.5 Å². The van der Waals surface area contributed by atoms with Crippen molar-refractivity contribution in [2.75, 3.05) is 13.1 Å². The van der Waals surface area contributed by atoms with Crippen LogP contribution in [-0.4, -0.2) is 18.0 Å². The monoisotopic (exact) mass is 193 g/mol. The van der Waals surface area contributed by atoms with Crippen molar-refractivity contribution in [2.45, 2.75) is 40.0 Å². The summed E-state index contributed by atoms with van der Waals surface area (Å²) in [5, 5.41) is 0. The van der Waals surface area contributed by atoms with E-state index in [2.05, 4.69) is 38.8 Å². The summed E-state index contributed by atoms with van der Waals surface area (Å²) in [5.41, 5.74) is 3.04. The average molecular weight is 193 g/mol. The van der Waals surface area contributed by atoms with E-state index in [0.717, 1.165) is 32.4 Å². The summed E-state index contributed by atoms with van der Waals surface area (Å²) in [6.45, 7) is 17.2. The molecule has 14 heavy (non-hydrogen) atoms. The van der Waals surface area contributed by atoms with Crippen LogP contribution >= 0.6 is 0 Å². The van der Waals surface area contributed by atoms with Crippen molar-refractivity contribution in [3.8, 4) is 0 Å². The number of nitrogens with zero attached hydrogens (tertiary/aromatic N) is 1. The highest BCUT2D eigenvalue weighted by atomic mass is 15.1. The Kier molecular flexibility index (Phi) is 3.41. The third-order valence-corrected chi connectivity index (χ3v) is 2.65. The molecule has 0 bridgehead atoms. The first-order valence-electron chi connectivity index (χ1n) is 5.48. The molecule has 0 amide bonds. The van der Waals surface area contributed by atoms with E-state index in [-0.39, 0.29) is 0 Å². The minimum absolute atomic E-state index is 0.353. The molecule has 1 heteroatoms. The van der Waals surface area contributed by atoms with Crippen LogP contribution in [0.4, 0.5) is 0 Å². The zero-order chi connectivity index (χ0) is 10.8. The van der Waals surface area contributed by atoms with Gasteiger partial charge in [-0.2, -0.15) is 0 Å². The second kappa shape index (κ2) is 4.20. The predicted molar refractivity (Wildman–Crippen MR) is 63.2 cm³/mol. The fraction of sp³-hybridized carbons (Fsp3) is 0.692. The van der Waals surface area contributed by atoms with Gasteiger partial charge in [0.1, 0.15) is 0 Å². The summed E-state index contributed by atoms with van der Waals surface area (Å²) in [5.74, 6) is 0. The molecule has 0 aliphatic carbocycles. The highest BCUT2D eigenvalue weighted by Gasteiger charge is 2.18. The minimum Gasteiger partial charge on any atom is -0.375 e. The molecule has 1 rings (SSSR count). The zero-order valence-electron chi connectivity index (χ0n) is 9.90. The van der Waals surface area contributed by atoms with Gasteiger partial charge in [-0.25, -0.2) is 0 Å². The van der Waals surface area contributed by atoms with Crippen LogP contribution in [0.15, 0.2) is 24.4 Å². The molecule has 1 fully saturated rings. The van der Waals surface area contributed by atoms with Crippen molar-refractivity contribution < 1.29 is 0 Å². The summed E-state index contributed by atoms with van der Waals surface area (Å²) >= 11 is 0. The summed E-state index contributed by atoms with van der Waals surface area (Å²) in [6.07, 6.45) is 3.38. The molecule has 1 saturated heterocycles. The lowest BCUT2D eigenvalue weighted by Crippen LogP contribution is -2.31. The Morgan fingerprint density at radius 2 is 1.79 bits per heavy atom. The Bertz CT molecular complexity index is 222. The van der Waals surface area contributed by atoms with E-state index in [4.69, 9.17) is 0 Å². The van der Waals surface area contributed by atoms with Crippen LogP contribution in [0.1, 0.15) is 40.0 Å². The fourth-order valence-electron chi connectivity index (χ4n) is 1.86. The Labute approximate surface area is 88.5 Å². The fourth-order valence-corrected chi connectivity index (χ4v) is 1.86. The molecule has 0 aromatic rings. The number of piperidine rings is 1. The first kappa shape index (κ1) is 11.4. The maximum Gasteiger partial charge on any atom is 0.0212 e. The van der Waals surface area contributed by atoms with Gasteiger partial charge in [0.2, 0.25) is 0 Å². The summed E-state index contributed by atoms with van der Waals surface area (Å²) in [6, 6.07) is 0. The normalized spacial score (nSPS) is 18.5. The summed E-state index contributed by atoms with van der Waals surface area (Å²) in [7, 11) is 0. The second-order valence-corrected chi connectivity index (χ2v) is 5.54. The highest BCUT2D eigenvalue weighted by molar-refractivity contribution is 5.06. The number of hydrogen-bond acceptors (Lipinski definition) is 1. The van der Waals surface area contributed by atoms with Crippen LogP contribution in [0, 0.1) is 5.41 Å². The van der Waals surface area contributed by atoms with Crippen LogP contribution in [0.2, 0.25) is 0 Å². The number of allylic oxidation sites excluding steroid dienone is 1. The number of hydrogen-bond donors (Lipinski definition) is 0.